The smallest absolute Gasteiger partial charge is 0.0460 e. The van der Waals surface area contributed by atoms with Gasteiger partial charge in [0.15, 0.2) is 0 Å². The summed E-state index contributed by atoms with van der Waals surface area (Å²) in [5, 5.41) is 2.17. The van der Waals surface area contributed by atoms with Crippen molar-refractivity contribution in [3.63, 3.8) is 0 Å². The number of nitrogens with one attached hydrogen (secondary N) is 1. The van der Waals surface area contributed by atoms with E-state index < -0.39 is 0 Å². The average Bonchev–Trinajstić information content (AvgIpc) is 3.10. The van der Waals surface area contributed by atoms with Gasteiger partial charge in [0.2, 0.25) is 0 Å². The van der Waals surface area contributed by atoms with Gasteiger partial charge >= 0.3 is 0 Å². The molecule has 0 bridgehead atoms. The Labute approximate surface area is 172 Å². The van der Waals surface area contributed by atoms with E-state index in [0.717, 1.165) is 17.5 Å². The van der Waals surface area contributed by atoms with E-state index in [1.807, 2.05) is 6.07 Å². The first kappa shape index (κ1) is 18.0. The SMILES string of the molecule is Clc1ccc2[nH]c3c(c2c1)CC(CCN1CC=C(c2ccccc2)CC1)CC3. The summed E-state index contributed by atoms with van der Waals surface area (Å²) in [5.74, 6) is 0.782. The molecule has 2 aromatic carbocycles. The van der Waals surface area contributed by atoms with Crippen molar-refractivity contribution in [3.05, 3.63) is 76.5 Å². The molecule has 1 unspecified atom stereocenters. The fourth-order valence-corrected chi connectivity index (χ4v) is 5.07. The standard InChI is InChI=1S/C25H27ClN2/c26-21-7-9-25-23(17-21)22-16-18(6-8-24(22)27-25)10-13-28-14-11-20(12-15-28)19-4-2-1-3-5-19/h1-5,7,9,11,17-18,27H,6,8,10,12-16H2. The van der Waals surface area contributed by atoms with Crippen molar-refractivity contribution in [2.45, 2.75) is 32.1 Å². The van der Waals surface area contributed by atoms with Crippen molar-refractivity contribution in [3.8, 4) is 0 Å². The molecule has 28 heavy (non-hydrogen) atoms. The zero-order valence-electron chi connectivity index (χ0n) is 16.3. The molecular weight excluding hydrogens is 364 g/mol. The number of benzene rings is 2. The highest BCUT2D eigenvalue weighted by atomic mass is 35.5. The Balaban J connectivity index is 1.20. The second-order valence-electron chi connectivity index (χ2n) is 8.32. The summed E-state index contributed by atoms with van der Waals surface area (Å²) < 4.78 is 0. The van der Waals surface area contributed by atoms with E-state index >= 15 is 0 Å². The molecular formula is C25H27ClN2. The Bertz CT molecular complexity index is 1000. The molecule has 1 N–H and O–H groups in total. The van der Waals surface area contributed by atoms with Crippen molar-refractivity contribution in [2.75, 3.05) is 19.6 Å². The molecule has 5 rings (SSSR count). The summed E-state index contributed by atoms with van der Waals surface area (Å²) in [6.07, 6.45) is 8.55. The fourth-order valence-electron chi connectivity index (χ4n) is 4.90. The number of aryl methyl sites for hydroxylation is 1. The average molecular weight is 391 g/mol. The van der Waals surface area contributed by atoms with Crippen LogP contribution in [0.5, 0.6) is 0 Å². The first-order valence-corrected chi connectivity index (χ1v) is 10.9. The van der Waals surface area contributed by atoms with Gasteiger partial charge in [0.05, 0.1) is 0 Å². The molecule has 1 aliphatic carbocycles. The molecule has 1 aromatic heterocycles. The van der Waals surface area contributed by atoms with E-state index in [1.165, 1.54) is 78.5 Å². The molecule has 0 spiro atoms. The summed E-state index contributed by atoms with van der Waals surface area (Å²) in [7, 11) is 0. The van der Waals surface area contributed by atoms with Gasteiger partial charge in [-0.3, -0.25) is 4.90 Å². The van der Waals surface area contributed by atoms with Gasteiger partial charge in [0.25, 0.3) is 0 Å². The Morgan fingerprint density at radius 3 is 2.79 bits per heavy atom. The van der Waals surface area contributed by atoms with Crippen LogP contribution in [-0.2, 0) is 12.8 Å². The highest BCUT2D eigenvalue weighted by molar-refractivity contribution is 6.31. The van der Waals surface area contributed by atoms with Crippen LogP contribution in [0.25, 0.3) is 16.5 Å². The molecule has 2 aliphatic rings. The van der Waals surface area contributed by atoms with Gasteiger partial charge in [-0.05, 0) is 79.5 Å². The van der Waals surface area contributed by atoms with Crippen LogP contribution in [0, 0.1) is 5.92 Å². The zero-order chi connectivity index (χ0) is 18.9. The van der Waals surface area contributed by atoms with E-state index in [-0.39, 0.29) is 0 Å². The van der Waals surface area contributed by atoms with Crippen molar-refractivity contribution in [2.24, 2.45) is 5.92 Å². The normalized spacial score (nSPS) is 20.2. The molecule has 0 fully saturated rings. The lowest BCUT2D eigenvalue weighted by atomic mass is 9.84. The first-order chi connectivity index (χ1) is 13.8. The number of hydrogen-bond acceptors (Lipinski definition) is 1. The molecule has 1 aliphatic heterocycles. The van der Waals surface area contributed by atoms with Crippen LogP contribution >= 0.6 is 11.6 Å². The number of fused-ring (bicyclic) bond motifs is 3. The summed E-state index contributed by atoms with van der Waals surface area (Å²) >= 11 is 6.25. The monoisotopic (exact) mass is 390 g/mol. The maximum Gasteiger partial charge on any atom is 0.0460 e. The largest absolute Gasteiger partial charge is 0.358 e. The van der Waals surface area contributed by atoms with Gasteiger partial charge in [0, 0.05) is 34.7 Å². The van der Waals surface area contributed by atoms with Gasteiger partial charge in [-0.1, -0.05) is 48.0 Å². The Morgan fingerprint density at radius 2 is 1.96 bits per heavy atom. The van der Waals surface area contributed by atoms with Gasteiger partial charge < -0.3 is 4.98 Å². The number of rotatable bonds is 4. The molecule has 0 amide bonds. The Hall–Kier alpha value is -2.03. The Morgan fingerprint density at radius 1 is 1.07 bits per heavy atom. The third-order valence-electron chi connectivity index (χ3n) is 6.54. The van der Waals surface area contributed by atoms with Crippen molar-refractivity contribution < 1.29 is 0 Å². The van der Waals surface area contributed by atoms with Crippen LogP contribution in [0.3, 0.4) is 0 Å². The highest BCUT2D eigenvalue weighted by Gasteiger charge is 2.23. The summed E-state index contributed by atoms with van der Waals surface area (Å²) in [4.78, 5) is 6.23. The molecule has 3 heteroatoms. The molecule has 0 saturated carbocycles. The van der Waals surface area contributed by atoms with E-state index in [9.17, 15) is 0 Å². The summed E-state index contributed by atoms with van der Waals surface area (Å²) in [6.45, 7) is 3.48. The lowest BCUT2D eigenvalue weighted by molar-refractivity contribution is 0.265. The van der Waals surface area contributed by atoms with Crippen molar-refractivity contribution >= 4 is 28.1 Å². The van der Waals surface area contributed by atoms with Gasteiger partial charge in [-0.25, -0.2) is 0 Å². The van der Waals surface area contributed by atoms with Crippen LogP contribution < -0.4 is 0 Å². The summed E-state index contributed by atoms with van der Waals surface area (Å²) in [5.41, 5.74) is 7.08. The highest BCUT2D eigenvalue weighted by Crippen LogP contribution is 2.34. The number of halogens is 1. The Kier molecular flexibility index (Phi) is 5.00. The minimum atomic E-state index is 0.782. The van der Waals surface area contributed by atoms with Gasteiger partial charge in [0.1, 0.15) is 0 Å². The van der Waals surface area contributed by atoms with Crippen LogP contribution in [0.15, 0.2) is 54.6 Å². The zero-order valence-corrected chi connectivity index (χ0v) is 17.0. The number of aromatic nitrogens is 1. The lowest BCUT2D eigenvalue weighted by Crippen LogP contribution is -2.31. The van der Waals surface area contributed by atoms with Crippen LogP contribution in [0.4, 0.5) is 0 Å². The molecule has 2 nitrogen and oxygen atoms in total. The number of hydrogen-bond donors (Lipinski definition) is 1. The number of nitrogens with zero attached hydrogens (tertiary/aromatic N) is 1. The molecule has 3 aromatic rings. The molecule has 144 valence electrons. The lowest BCUT2D eigenvalue weighted by Gasteiger charge is -2.29. The van der Waals surface area contributed by atoms with Crippen LogP contribution in [0.2, 0.25) is 5.02 Å². The third-order valence-corrected chi connectivity index (χ3v) is 6.78. The topological polar surface area (TPSA) is 19.0 Å². The minimum absolute atomic E-state index is 0.782. The molecule has 0 saturated heterocycles. The van der Waals surface area contributed by atoms with E-state index in [0.29, 0.717) is 0 Å². The van der Waals surface area contributed by atoms with E-state index in [1.54, 1.807) is 0 Å². The maximum absolute atomic E-state index is 6.25. The van der Waals surface area contributed by atoms with Gasteiger partial charge in [-0.15, -0.1) is 0 Å². The molecule has 2 heterocycles. The third kappa shape index (κ3) is 3.64. The predicted molar refractivity (Wildman–Crippen MR) is 119 cm³/mol. The predicted octanol–water partition coefficient (Wildman–Crippen LogP) is 6.11. The van der Waals surface area contributed by atoms with Crippen molar-refractivity contribution in [1.82, 2.24) is 9.88 Å². The maximum atomic E-state index is 6.25. The quantitative estimate of drug-likeness (QED) is 0.569. The fraction of sp³-hybridized carbons (Fsp3) is 0.360. The van der Waals surface area contributed by atoms with Gasteiger partial charge in [-0.2, -0.15) is 0 Å². The first-order valence-electron chi connectivity index (χ1n) is 10.5. The van der Waals surface area contributed by atoms with E-state index in [4.69, 9.17) is 11.6 Å². The van der Waals surface area contributed by atoms with Crippen molar-refractivity contribution in [1.29, 1.82) is 0 Å². The van der Waals surface area contributed by atoms with E-state index in [2.05, 4.69) is 58.4 Å². The number of aromatic amines is 1. The molecule has 0 radical (unpaired) electrons. The number of H-pyrrole nitrogens is 1. The van der Waals surface area contributed by atoms with Crippen LogP contribution in [0.1, 0.15) is 36.1 Å². The second-order valence-corrected chi connectivity index (χ2v) is 8.75. The minimum Gasteiger partial charge on any atom is -0.358 e. The van der Waals surface area contributed by atoms with Crippen LogP contribution in [-0.4, -0.2) is 29.5 Å². The second kappa shape index (κ2) is 7.77. The summed E-state index contributed by atoms with van der Waals surface area (Å²) in [6, 6.07) is 17.1. The molecule has 1 atom stereocenters.